The van der Waals surface area contributed by atoms with Crippen molar-refractivity contribution in [3.63, 3.8) is 0 Å². The fourth-order valence-corrected chi connectivity index (χ4v) is 3.20. The molecule has 0 radical (unpaired) electrons. The minimum absolute atomic E-state index is 0.245. The molecule has 0 fully saturated rings. The molecule has 0 amide bonds. The zero-order valence-electron chi connectivity index (χ0n) is 16.2. The second-order valence-corrected chi connectivity index (χ2v) is 7.63. The Morgan fingerprint density at radius 3 is 2.50 bits per heavy atom. The molecule has 0 aliphatic heterocycles. The van der Waals surface area contributed by atoms with Gasteiger partial charge in [-0.2, -0.15) is 0 Å². The van der Waals surface area contributed by atoms with Crippen molar-refractivity contribution >= 4 is 0 Å². The van der Waals surface area contributed by atoms with Crippen molar-refractivity contribution in [1.29, 1.82) is 0 Å². The molecule has 2 atom stereocenters. The molecule has 1 rings (SSSR count). The Hall–Kier alpha value is -1.28. The Bertz CT molecular complexity index is 514. The van der Waals surface area contributed by atoms with Crippen LogP contribution >= 0.6 is 0 Å². The summed E-state index contributed by atoms with van der Waals surface area (Å²) in [6.45, 7) is 10.4. The van der Waals surface area contributed by atoms with E-state index >= 15 is 0 Å². The van der Waals surface area contributed by atoms with Gasteiger partial charge in [-0.25, -0.2) is 0 Å². The van der Waals surface area contributed by atoms with E-state index in [1.165, 1.54) is 24.0 Å². The zero-order valence-corrected chi connectivity index (χ0v) is 16.2. The molecule has 2 unspecified atom stereocenters. The van der Waals surface area contributed by atoms with Gasteiger partial charge in [0.15, 0.2) is 0 Å². The van der Waals surface area contributed by atoms with E-state index in [0.29, 0.717) is 12.2 Å². The average molecular weight is 333 g/mol. The second kappa shape index (κ2) is 9.88. The minimum Gasteiger partial charge on any atom is -0.512 e. The lowest BCUT2D eigenvalue weighted by Crippen LogP contribution is -2.36. The van der Waals surface area contributed by atoms with Crippen LogP contribution in [0.4, 0.5) is 0 Å². The Labute approximate surface area is 148 Å². The highest BCUT2D eigenvalue weighted by molar-refractivity contribution is 5.33. The summed E-state index contributed by atoms with van der Waals surface area (Å²) in [5.74, 6) is 0.0770. The molecule has 0 heterocycles. The lowest BCUT2D eigenvalue weighted by atomic mass is 9.78. The van der Waals surface area contributed by atoms with E-state index in [0.717, 1.165) is 31.3 Å². The maximum absolute atomic E-state index is 10.8. The van der Waals surface area contributed by atoms with E-state index in [1.54, 1.807) is 0 Å². The lowest BCUT2D eigenvalue weighted by Gasteiger charge is -2.33. The maximum Gasteiger partial charge on any atom is 0.0991 e. The van der Waals surface area contributed by atoms with Crippen LogP contribution in [0, 0.1) is 5.92 Å². The van der Waals surface area contributed by atoms with E-state index < -0.39 is 5.60 Å². The summed E-state index contributed by atoms with van der Waals surface area (Å²) < 4.78 is 0. The van der Waals surface area contributed by atoms with E-state index in [-0.39, 0.29) is 5.92 Å². The first kappa shape index (κ1) is 20.8. The predicted octanol–water partition coefficient (Wildman–Crippen LogP) is 6.40. The number of aliphatic hydroxyl groups is 2. The number of hydrogen-bond donors (Lipinski definition) is 2. The van der Waals surface area contributed by atoms with Crippen LogP contribution in [0.2, 0.25) is 0 Å². The van der Waals surface area contributed by atoms with Crippen LogP contribution in [0.1, 0.15) is 79.6 Å². The summed E-state index contributed by atoms with van der Waals surface area (Å²) in [6.07, 6.45) is 15.4. The third-order valence-electron chi connectivity index (χ3n) is 4.74. The topological polar surface area (TPSA) is 40.5 Å². The molecule has 136 valence electrons. The first-order chi connectivity index (χ1) is 11.3. The molecule has 2 nitrogen and oxygen atoms in total. The van der Waals surface area contributed by atoms with Gasteiger partial charge in [0.05, 0.1) is 17.3 Å². The quantitative estimate of drug-likeness (QED) is 0.379. The third kappa shape index (κ3) is 7.09. The number of unbranched alkanes of at least 4 members (excludes halogenated alkanes) is 2. The highest BCUT2D eigenvalue weighted by Gasteiger charge is 2.35. The molecule has 0 saturated carbocycles. The van der Waals surface area contributed by atoms with Crippen molar-refractivity contribution in [3.8, 4) is 0 Å². The van der Waals surface area contributed by atoms with Crippen molar-refractivity contribution in [3.05, 3.63) is 46.8 Å². The van der Waals surface area contributed by atoms with Gasteiger partial charge >= 0.3 is 0 Å². The number of allylic oxidation sites excluding steroid dienone is 6. The van der Waals surface area contributed by atoms with Crippen LogP contribution < -0.4 is 0 Å². The molecule has 1 aliphatic carbocycles. The van der Waals surface area contributed by atoms with Crippen molar-refractivity contribution < 1.29 is 10.2 Å². The van der Waals surface area contributed by atoms with Crippen LogP contribution in [-0.2, 0) is 0 Å². The zero-order chi connectivity index (χ0) is 18.2. The van der Waals surface area contributed by atoms with Gasteiger partial charge in [0.2, 0.25) is 0 Å². The lowest BCUT2D eigenvalue weighted by molar-refractivity contribution is 0.0410. The summed E-state index contributed by atoms with van der Waals surface area (Å²) in [5.41, 5.74) is 2.75. The average Bonchev–Trinajstić information content (AvgIpc) is 2.45. The van der Waals surface area contributed by atoms with Crippen LogP contribution in [-0.4, -0.2) is 15.8 Å². The summed E-state index contributed by atoms with van der Waals surface area (Å²) in [5, 5.41) is 21.2. The Morgan fingerprint density at radius 2 is 1.92 bits per heavy atom. The molecule has 0 spiro atoms. The number of rotatable bonds is 9. The predicted molar refractivity (Wildman–Crippen MR) is 104 cm³/mol. The fourth-order valence-electron chi connectivity index (χ4n) is 3.20. The molecule has 0 bridgehead atoms. The Balaban J connectivity index is 2.66. The normalized spacial score (nSPS) is 24.4. The van der Waals surface area contributed by atoms with E-state index in [4.69, 9.17) is 0 Å². The third-order valence-corrected chi connectivity index (χ3v) is 4.74. The Kier molecular flexibility index (Phi) is 8.55. The smallest absolute Gasteiger partial charge is 0.0991 e. The van der Waals surface area contributed by atoms with Crippen molar-refractivity contribution in [2.75, 3.05) is 0 Å². The van der Waals surface area contributed by atoms with Crippen LogP contribution in [0.3, 0.4) is 0 Å². The van der Waals surface area contributed by atoms with Crippen LogP contribution in [0.25, 0.3) is 0 Å². The molecule has 1 aliphatic rings. The van der Waals surface area contributed by atoms with E-state index in [2.05, 4.69) is 39.8 Å². The van der Waals surface area contributed by atoms with Gasteiger partial charge in [-0.1, -0.05) is 43.1 Å². The van der Waals surface area contributed by atoms with Gasteiger partial charge < -0.3 is 10.2 Å². The van der Waals surface area contributed by atoms with Crippen molar-refractivity contribution in [2.45, 2.75) is 85.2 Å². The first-order valence-electron chi connectivity index (χ1n) is 9.40. The highest BCUT2D eigenvalue weighted by atomic mass is 16.3. The first-order valence-corrected chi connectivity index (χ1v) is 9.40. The molecule has 24 heavy (non-hydrogen) atoms. The standard InChI is InChI=1S/C22H36O2/c1-6-7-8-12-19-15-21(23)20(22(5,24)16-19)14-13-18(4)11-9-10-17(2)3/h10,13,15-16,20,23-24H,6-9,11-12,14H2,1-5H3/b18-13+. The van der Waals surface area contributed by atoms with Gasteiger partial charge in [-0.05, 0) is 77.5 Å². The Morgan fingerprint density at radius 1 is 1.21 bits per heavy atom. The molecular weight excluding hydrogens is 296 g/mol. The van der Waals surface area contributed by atoms with Crippen LogP contribution in [0.15, 0.2) is 46.8 Å². The van der Waals surface area contributed by atoms with E-state index in [1.807, 2.05) is 19.1 Å². The summed E-state index contributed by atoms with van der Waals surface area (Å²) in [6, 6.07) is 0. The van der Waals surface area contributed by atoms with Crippen molar-refractivity contribution in [2.24, 2.45) is 5.92 Å². The molecular formula is C22H36O2. The summed E-state index contributed by atoms with van der Waals surface area (Å²) in [7, 11) is 0. The van der Waals surface area contributed by atoms with Crippen LogP contribution in [0.5, 0.6) is 0 Å². The highest BCUT2D eigenvalue weighted by Crippen LogP contribution is 2.35. The molecule has 0 aromatic rings. The number of aliphatic hydroxyl groups excluding tert-OH is 1. The van der Waals surface area contributed by atoms with Gasteiger partial charge in [0.25, 0.3) is 0 Å². The summed E-state index contributed by atoms with van der Waals surface area (Å²) >= 11 is 0. The van der Waals surface area contributed by atoms with Gasteiger partial charge in [-0.3, -0.25) is 0 Å². The maximum atomic E-state index is 10.8. The SMILES string of the molecule is CCCCCC1=CC(C)(O)C(C/C=C(\C)CCC=C(C)C)C(O)=C1. The number of hydrogen-bond acceptors (Lipinski definition) is 2. The van der Waals surface area contributed by atoms with Gasteiger partial charge in [0, 0.05) is 0 Å². The molecule has 0 aromatic carbocycles. The minimum atomic E-state index is -0.975. The van der Waals surface area contributed by atoms with Gasteiger partial charge in [0.1, 0.15) is 0 Å². The second-order valence-electron chi connectivity index (χ2n) is 7.63. The monoisotopic (exact) mass is 332 g/mol. The molecule has 0 saturated heterocycles. The molecule has 2 heteroatoms. The molecule has 0 aromatic heterocycles. The van der Waals surface area contributed by atoms with E-state index in [9.17, 15) is 10.2 Å². The van der Waals surface area contributed by atoms with Gasteiger partial charge in [-0.15, -0.1) is 0 Å². The summed E-state index contributed by atoms with van der Waals surface area (Å²) in [4.78, 5) is 0. The molecule has 2 N–H and O–H groups in total. The fraction of sp³-hybridized carbons (Fsp3) is 0.636. The van der Waals surface area contributed by atoms with Crippen molar-refractivity contribution in [1.82, 2.24) is 0 Å². The largest absolute Gasteiger partial charge is 0.512 e.